The molecule has 0 aliphatic heterocycles. The minimum Gasteiger partial charge on any atom is -0.494 e. The number of hydrogen-bond acceptors (Lipinski definition) is 4. The topological polar surface area (TPSA) is 47.0 Å². The first kappa shape index (κ1) is 12.8. The number of nitrogens with one attached hydrogen (secondary N) is 1. The molecular weight excluding hydrogens is 301 g/mol. The Labute approximate surface area is 112 Å². The third-order valence-corrected chi connectivity index (χ3v) is 2.97. The van der Waals surface area contributed by atoms with Gasteiger partial charge in [0.2, 0.25) is 0 Å². The average molecular weight is 312 g/mol. The molecule has 0 unspecified atom stereocenters. The molecule has 0 aliphatic rings. The fourth-order valence-electron chi connectivity index (χ4n) is 1.49. The van der Waals surface area contributed by atoms with E-state index in [1.54, 1.807) is 25.4 Å². The number of ether oxygens (including phenoxy) is 1. The van der Waals surface area contributed by atoms with E-state index in [2.05, 4.69) is 31.2 Å². The fourth-order valence-corrected chi connectivity index (χ4v) is 1.88. The highest BCUT2D eigenvalue weighted by molar-refractivity contribution is 9.10. The predicted octanol–water partition coefficient (Wildman–Crippen LogP) is 3.10. The number of aromatic nitrogens is 2. The Bertz CT molecular complexity index is 577. The number of benzene rings is 1. The molecule has 1 heterocycles. The van der Waals surface area contributed by atoms with Crippen molar-refractivity contribution >= 4 is 21.7 Å². The third kappa shape index (κ3) is 2.43. The first-order chi connectivity index (χ1) is 8.65. The first-order valence-electron chi connectivity index (χ1n) is 5.20. The number of anilines is 1. The van der Waals surface area contributed by atoms with Crippen LogP contribution in [-0.2, 0) is 0 Å². The van der Waals surface area contributed by atoms with Gasteiger partial charge in [0.15, 0.2) is 17.4 Å². The van der Waals surface area contributed by atoms with Crippen molar-refractivity contribution in [2.45, 2.75) is 0 Å². The van der Waals surface area contributed by atoms with E-state index in [-0.39, 0.29) is 5.75 Å². The van der Waals surface area contributed by atoms with Crippen LogP contribution in [0.2, 0.25) is 0 Å². The Morgan fingerprint density at radius 2 is 2.17 bits per heavy atom. The fraction of sp³-hybridized carbons (Fsp3) is 0.167. The summed E-state index contributed by atoms with van der Waals surface area (Å²) in [7, 11) is 3.18. The Morgan fingerprint density at radius 1 is 1.39 bits per heavy atom. The number of hydrogen-bond donors (Lipinski definition) is 1. The van der Waals surface area contributed by atoms with E-state index in [0.29, 0.717) is 17.2 Å². The van der Waals surface area contributed by atoms with Crippen molar-refractivity contribution < 1.29 is 9.13 Å². The van der Waals surface area contributed by atoms with Crippen LogP contribution >= 0.6 is 15.9 Å². The highest BCUT2D eigenvalue weighted by Crippen LogP contribution is 2.26. The molecule has 94 valence electrons. The smallest absolute Gasteiger partial charge is 0.165 e. The molecule has 1 aromatic carbocycles. The maximum absolute atomic E-state index is 13.6. The van der Waals surface area contributed by atoms with E-state index in [1.165, 1.54) is 13.2 Å². The number of rotatable bonds is 3. The van der Waals surface area contributed by atoms with Crippen LogP contribution in [0.25, 0.3) is 11.4 Å². The maximum atomic E-state index is 13.6. The summed E-state index contributed by atoms with van der Waals surface area (Å²) in [6.07, 6.45) is 1.62. The predicted molar refractivity (Wildman–Crippen MR) is 71.2 cm³/mol. The third-order valence-electron chi connectivity index (χ3n) is 2.39. The Kier molecular flexibility index (Phi) is 3.76. The van der Waals surface area contributed by atoms with Crippen molar-refractivity contribution in [2.24, 2.45) is 0 Å². The molecule has 0 saturated heterocycles. The highest BCUT2D eigenvalue weighted by atomic mass is 79.9. The molecule has 0 saturated carbocycles. The molecule has 1 N–H and O–H groups in total. The molecule has 0 fully saturated rings. The molecule has 0 radical (unpaired) electrons. The van der Waals surface area contributed by atoms with Gasteiger partial charge in [0.1, 0.15) is 5.82 Å². The maximum Gasteiger partial charge on any atom is 0.165 e. The zero-order valence-corrected chi connectivity index (χ0v) is 11.5. The van der Waals surface area contributed by atoms with Crippen molar-refractivity contribution in [1.82, 2.24) is 9.97 Å². The van der Waals surface area contributed by atoms with Crippen LogP contribution in [-0.4, -0.2) is 24.1 Å². The summed E-state index contributed by atoms with van der Waals surface area (Å²) in [5.41, 5.74) is 0.595. The number of halogens is 2. The van der Waals surface area contributed by atoms with Crippen LogP contribution in [0, 0.1) is 5.82 Å². The minimum absolute atomic E-state index is 0.199. The first-order valence-corrected chi connectivity index (χ1v) is 5.99. The van der Waals surface area contributed by atoms with Gasteiger partial charge in [-0.15, -0.1) is 0 Å². The minimum atomic E-state index is -0.437. The number of methoxy groups -OCH3 is 1. The van der Waals surface area contributed by atoms with E-state index < -0.39 is 5.82 Å². The molecular formula is C12H11BrFN3O. The van der Waals surface area contributed by atoms with Crippen molar-refractivity contribution in [3.63, 3.8) is 0 Å². The van der Waals surface area contributed by atoms with Gasteiger partial charge in [0, 0.05) is 18.8 Å². The quantitative estimate of drug-likeness (QED) is 0.946. The normalized spacial score (nSPS) is 10.2. The van der Waals surface area contributed by atoms with Crippen molar-refractivity contribution in [3.05, 3.63) is 34.7 Å². The summed E-state index contributed by atoms with van der Waals surface area (Å²) in [4.78, 5) is 8.43. The zero-order chi connectivity index (χ0) is 13.1. The molecule has 4 nitrogen and oxygen atoms in total. The van der Waals surface area contributed by atoms with Crippen LogP contribution in [0.3, 0.4) is 0 Å². The molecule has 2 rings (SSSR count). The molecule has 1 aromatic heterocycles. The van der Waals surface area contributed by atoms with Gasteiger partial charge in [0.25, 0.3) is 0 Å². The molecule has 0 atom stereocenters. The van der Waals surface area contributed by atoms with Gasteiger partial charge in [-0.05, 0) is 34.1 Å². The van der Waals surface area contributed by atoms with Crippen molar-refractivity contribution in [1.29, 1.82) is 0 Å². The second-order valence-corrected chi connectivity index (χ2v) is 4.34. The van der Waals surface area contributed by atoms with Crippen molar-refractivity contribution in [3.8, 4) is 17.1 Å². The van der Waals surface area contributed by atoms with Crippen molar-refractivity contribution in [2.75, 3.05) is 19.5 Å². The molecule has 6 heteroatoms. The molecule has 18 heavy (non-hydrogen) atoms. The summed E-state index contributed by atoms with van der Waals surface area (Å²) in [6.45, 7) is 0. The second kappa shape index (κ2) is 5.30. The molecule has 0 spiro atoms. The highest BCUT2D eigenvalue weighted by Gasteiger charge is 2.09. The summed E-state index contributed by atoms with van der Waals surface area (Å²) >= 11 is 3.32. The lowest BCUT2D eigenvalue weighted by molar-refractivity contribution is 0.386. The largest absolute Gasteiger partial charge is 0.494 e. The van der Waals surface area contributed by atoms with E-state index in [1.807, 2.05) is 0 Å². The van der Waals surface area contributed by atoms with Crippen LogP contribution < -0.4 is 10.1 Å². The SMILES string of the molecule is CNc1nc(-c2ccc(OC)c(F)c2)ncc1Br. The molecule has 0 aliphatic carbocycles. The van der Waals surface area contributed by atoms with Crippen LogP contribution in [0.15, 0.2) is 28.9 Å². The van der Waals surface area contributed by atoms with E-state index in [9.17, 15) is 4.39 Å². The lowest BCUT2D eigenvalue weighted by Crippen LogP contribution is -1.98. The van der Waals surface area contributed by atoms with Gasteiger partial charge in [-0.3, -0.25) is 0 Å². The Hall–Kier alpha value is -1.69. The molecule has 0 amide bonds. The van der Waals surface area contributed by atoms with Gasteiger partial charge in [-0.2, -0.15) is 0 Å². The van der Waals surface area contributed by atoms with Crippen LogP contribution in [0.5, 0.6) is 5.75 Å². The average Bonchev–Trinajstić information content (AvgIpc) is 2.39. The van der Waals surface area contributed by atoms with Gasteiger partial charge in [-0.1, -0.05) is 0 Å². The standard InChI is InChI=1S/C12H11BrFN3O/c1-15-12-8(13)6-16-11(17-12)7-3-4-10(18-2)9(14)5-7/h3-6H,1-2H3,(H,15,16,17). The Morgan fingerprint density at radius 3 is 2.78 bits per heavy atom. The van der Waals surface area contributed by atoms with E-state index >= 15 is 0 Å². The van der Waals surface area contributed by atoms with E-state index in [0.717, 1.165) is 4.47 Å². The summed E-state index contributed by atoms with van der Waals surface area (Å²) in [5, 5.41) is 2.93. The van der Waals surface area contributed by atoms with Crippen LogP contribution in [0.4, 0.5) is 10.2 Å². The van der Waals surface area contributed by atoms with E-state index in [4.69, 9.17) is 4.74 Å². The van der Waals surface area contributed by atoms with Gasteiger partial charge in [-0.25, -0.2) is 14.4 Å². The lowest BCUT2D eigenvalue weighted by Gasteiger charge is -2.07. The molecule has 2 aromatic rings. The summed E-state index contributed by atoms with van der Waals surface area (Å²) in [6, 6.07) is 4.61. The summed E-state index contributed by atoms with van der Waals surface area (Å²) in [5.74, 6) is 0.859. The van der Waals surface area contributed by atoms with Crippen LogP contribution in [0.1, 0.15) is 0 Å². The van der Waals surface area contributed by atoms with Gasteiger partial charge in [0.05, 0.1) is 11.6 Å². The van der Waals surface area contributed by atoms with Gasteiger partial charge < -0.3 is 10.1 Å². The summed E-state index contributed by atoms with van der Waals surface area (Å²) < 4.78 is 19.2. The zero-order valence-electron chi connectivity index (χ0n) is 9.87. The molecule has 0 bridgehead atoms. The monoisotopic (exact) mass is 311 g/mol. The number of nitrogens with zero attached hydrogens (tertiary/aromatic N) is 2. The van der Waals surface area contributed by atoms with Gasteiger partial charge >= 0.3 is 0 Å². The second-order valence-electron chi connectivity index (χ2n) is 3.49. The Balaban J connectivity index is 2.45. The lowest BCUT2D eigenvalue weighted by atomic mass is 10.2.